The Labute approximate surface area is 87.2 Å². The molecule has 0 amide bonds. The van der Waals surface area contributed by atoms with Gasteiger partial charge < -0.3 is 5.32 Å². The van der Waals surface area contributed by atoms with Crippen molar-refractivity contribution in [2.75, 3.05) is 25.1 Å². The van der Waals surface area contributed by atoms with E-state index in [9.17, 15) is 8.42 Å². The van der Waals surface area contributed by atoms with Gasteiger partial charge in [0.2, 0.25) is 0 Å². The lowest BCUT2D eigenvalue weighted by Crippen LogP contribution is -2.35. The monoisotopic (exact) mass is 219 g/mol. The van der Waals surface area contributed by atoms with Crippen molar-refractivity contribution in [3.05, 3.63) is 0 Å². The van der Waals surface area contributed by atoms with Crippen LogP contribution in [0.25, 0.3) is 0 Å². The van der Waals surface area contributed by atoms with E-state index >= 15 is 0 Å². The highest BCUT2D eigenvalue weighted by atomic mass is 32.2. The van der Waals surface area contributed by atoms with Crippen molar-refractivity contribution in [2.24, 2.45) is 11.8 Å². The van der Waals surface area contributed by atoms with Gasteiger partial charge in [-0.1, -0.05) is 6.92 Å². The summed E-state index contributed by atoms with van der Waals surface area (Å²) in [7, 11) is -2.76. The van der Waals surface area contributed by atoms with Gasteiger partial charge in [-0.25, -0.2) is 8.42 Å². The third-order valence-corrected chi connectivity index (χ3v) is 3.82. The molecule has 0 aromatic carbocycles. The molecular weight excluding hydrogens is 198 g/mol. The van der Waals surface area contributed by atoms with Gasteiger partial charge in [0.25, 0.3) is 0 Å². The van der Waals surface area contributed by atoms with Crippen molar-refractivity contribution in [3.63, 3.8) is 0 Å². The average molecular weight is 219 g/mol. The Morgan fingerprint density at radius 3 is 2.64 bits per heavy atom. The third kappa shape index (κ3) is 4.96. The minimum Gasteiger partial charge on any atom is -0.316 e. The molecule has 0 radical (unpaired) electrons. The second-order valence-electron chi connectivity index (χ2n) is 4.64. The maximum Gasteiger partial charge on any atom is 0.147 e. The minimum absolute atomic E-state index is 0.345. The predicted octanol–water partition coefficient (Wildman–Crippen LogP) is 1.06. The highest BCUT2D eigenvalue weighted by Crippen LogP contribution is 2.20. The molecule has 1 saturated heterocycles. The van der Waals surface area contributed by atoms with Crippen LogP contribution in [0.15, 0.2) is 0 Å². The van der Waals surface area contributed by atoms with Gasteiger partial charge in [0, 0.05) is 12.0 Å². The highest BCUT2D eigenvalue weighted by Gasteiger charge is 2.18. The lowest BCUT2D eigenvalue weighted by molar-refractivity contribution is 0.288. The van der Waals surface area contributed by atoms with E-state index in [-0.39, 0.29) is 0 Å². The summed E-state index contributed by atoms with van der Waals surface area (Å²) in [5.74, 6) is 1.77. The smallest absolute Gasteiger partial charge is 0.147 e. The molecule has 84 valence electrons. The van der Waals surface area contributed by atoms with E-state index < -0.39 is 9.84 Å². The second kappa shape index (κ2) is 5.12. The molecule has 0 aliphatic carbocycles. The van der Waals surface area contributed by atoms with Crippen LogP contribution in [0.1, 0.15) is 26.2 Å². The van der Waals surface area contributed by atoms with Gasteiger partial charge in [0.1, 0.15) is 9.84 Å². The van der Waals surface area contributed by atoms with Gasteiger partial charge in [-0.2, -0.15) is 0 Å². The number of nitrogens with one attached hydrogen (secondary N) is 1. The van der Waals surface area contributed by atoms with Crippen LogP contribution in [-0.2, 0) is 9.84 Å². The summed E-state index contributed by atoms with van der Waals surface area (Å²) in [5, 5.41) is 3.38. The van der Waals surface area contributed by atoms with Gasteiger partial charge in [-0.3, -0.25) is 0 Å². The molecule has 1 aliphatic heterocycles. The Morgan fingerprint density at radius 1 is 1.36 bits per heavy atom. The number of hydrogen-bond acceptors (Lipinski definition) is 3. The molecule has 0 saturated carbocycles. The SMILES string of the molecule is CC1CNCC(CCCS(C)(=O)=O)C1. The van der Waals surface area contributed by atoms with Crippen molar-refractivity contribution < 1.29 is 8.42 Å². The largest absolute Gasteiger partial charge is 0.316 e. The van der Waals surface area contributed by atoms with Crippen LogP contribution >= 0.6 is 0 Å². The standard InChI is InChI=1S/C10H21NO2S/c1-9-6-10(8-11-7-9)4-3-5-14(2,12)13/h9-11H,3-8H2,1-2H3. The van der Waals surface area contributed by atoms with E-state index in [2.05, 4.69) is 12.2 Å². The summed E-state index contributed by atoms with van der Waals surface area (Å²) >= 11 is 0. The molecule has 0 spiro atoms. The topological polar surface area (TPSA) is 46.2 Å². The Balaban J connectivity index is 2.18. The van der Waals surface area contributed by atoms with Crippen LogP contribution in [0.4, 0.5) is 0 Å². The predicted molar refractivity (Wildman–Crippen MR) is 59.1 cm³/mol. The third-order valence-electron chi connectivity index (χ3n) is 2.79. The van der Waals surface area contributed by atoms with Crippen LogP contribution in [0.5, 0.6) is 0 Å². The fraction of sp³-hybridized carbons (Fsp3) is 1.00. The molecule has 1 aliphatic rings. The molecule has 3 nitrogen and oxygen atoms in total. The number of rotatable bonds is 4. The number of sulfone groups is 1. The van der Waals surface area contributed by atoms with Gasteiger partial charge in [0.05, 0.1) is 0 Å². The maximum absolute atomic E-state index is 10.9. The van der Waals surface area contributed by atoms with E-state index in [0.717, 1.165) is 31.8 Å². The van der Waals surface area contributed by atoms with Gasteiger partial charge in [0.15, 0.2) is 0 Å². The molecule has 14 heavy (non-hydrogen) atoms. The number of piperidine rings is 1. The van der Waals surface area contributed by atoms with Crippen LogP contribution in [0, 0.1) is 11.8 Å². The molecule has 0 aromatic rings. The summed E-state index contributed by atoms with van der Waals surface area (Å²) < 4.78 is 21.8. The molecule has 1 heterocycles. The molecule has 0 bridgehead atoms. The molecule has 1 N–H and O–H groups in total. The molecule has 1 fully saturated rings. The first-order valence-electron chi connectivity index (χ1n) is 5.36. The maximum atomic E-state index is 10.9. The zero-order chi connectivity index (χ0) is 10.6. The lowest BCUT2D eigenvalue weighted by atomic mass is 9.89. The van der Waals surface area contributed by atoms with Crippen LogP contribution in [-0.4, -0.2) is 33.5 Å². The summed E-state index contributed by atoms with van der Waals surface area (Å²) in [5.41, 5.74) is 0. The lowest BCUT2D eigenvalue weighted by Gasteiger charge is -2.27. The first-order chi connectivity index (χ1) is 6.47. The Hall–Kier alpha value is -0.0900. The molecular formula is C10H21NO2S. The Kier molecular flexibility index (Phi) is 4.38. The van der Waals surface area contributed by atoms with Gasteiger partial charge in [-0.15, -0.1) is 0 Å². The van der Waals surface area contributed by atoms with E-state index in [4.69, 9.17) is 0 Å². The molecule has 2 unspecified atom stereocenters. The zero-order valence-corrected chi connectivity index (χ0v) is 9.94. The average Bonchev–Trinajstić information content (AvgIpc) is 2.01. The molecule has 2 atom stereocenters. The van der Waals surface area contributed by atoms with E-state index in [1.807, 2.05) is 0 Å². The Bertz CT molecular complexity index is 261. The van der Waals surface area contributed by atoms with Crippen molar-refractivity contribution in [3.8, 4) is 0 Å². The first-order valence-corrected chi connectivity index (χ1v) is 7.42. The molecule has 0 aromatic heterocycles. The fourth-order valence-corrected chi connectivity index (χ4v) is 2.81. The molecule has 4 heteroatoms. The Morgan fingerprint density at radius 2 is 2.07 bits per heavy atom. The summed E-state index contributed by atoms with van der Waals surface area (Å²) in [6, 6.07) is 0. The summed E-state index contributed by atoms with van der Waals surface area (Å²) in [6.07, 6.45) is 4.42. The van der Waals surface area contributed by atoms with Crippen molar-refractivity contribution in [1.82, 2.24) is 5.32 Å². The quantitative estimate of drug-likeness (QED) is 0.769. The van der Waals surface area contributed by atoms with Crippen LogP contribution in [0.2, 0.25) is 0 Å². The summed E-state index contributed by atoms with van der Waals surface area (Å²) in [6.45, 7) is 4.42. The van der Waals surface area contributed by atoms with Gasteiger partial charge >= 0.3 is 0 Å². The second-order valence-corrected chi connectivity index (χ2v) is 6.90. The number of hydrogen-bond donors (Lipinski definition) is 1. The van der Waals surface area contributed by atoms with E-state index in [1.54, 1.807) is 0 Å². The van der Waals surface area contributed by atoms with Crippen molar-refractivity contribution in [2.45, 2.75) is 26.2 Å². The van der Waals surface area contributed by atoms with Crippen LogP contribution < -0.4 is 5.32 Å². The minimum atomic E-state index is -2.76. The highest BCUT2D eigenvalue weighted by molar-refractivity contribution is 7.90. The van der Waals surface area contributed by atoms with E-state index in [1.165, 1.54) is 12.7 Å². The fourth-order valence-electron chi connectivity index (χ4n) is 2.12. The molecule has 1 rings (SSSR count). The first kappa shape index (κ1) is 12.0. The summed E-state index contributed by atoms with van der Waals surface area (Å²) in [4.78, 5) is 0. The van der Waals surface area contributed by atoms with E-state index in [0.29, 0.717) is 11.7 Å². The van der Waals surface area contributed by atoms with Crippen molar-refractivity contribution in [1.29, 1.82) is 0 Å². The van der Waals surface area contributed by atoms with Crippen molar-refractivity contribution >= 4 is 9.84 Å². The zero-order valence-electron chi connectivity index (χ0n) is 9.12. The van der Waals surface area contributed by atoms with Gasteiger partial charge in [-0.05, 0) is 44.2 Å². The normalized spacial score (nSPS) is 29.0. The van der Waals surface area contributed by atoms with Crippen LogP contribution in [0.3, 0.4) is 0 Å².